The Morgan fingerprint density at radius 1 is 1.30 bits per heavy atom. The van der Waals surface area contributed by atoms with Crippen molar-refractivity contribution in [3.8, 4) is 0 Å². The van der Waals surface area contributed by atoms with Gasteiger partial charge in [0.1, 0.15) is 0 Å². The predicted octanol–water partition coefficient (Wildman–Crippen LogP) is 1.84. The highest BCUT2D eigenvalue weighted by Crippen LogP contribution is 2.38. The van der Waals surface area contributed by atoms with Crippen LogP contribution in [0.3, 0.4) is 0 Å². The predicted molar refractivity (Wildman–Crippen MR) is 91.2 cm³/mol. The standard InChI is InChI=1S/C18H26N4O/c1-21-10-7-17(23)18(12-21)8-4-9-22(13-18)11-16-14-5-2-3-6-15(14)19-20-16/h2-3,5-6,17,23H,4,7-13H2,1H3,(H,19,20)/t17-,18-/m0/s1. The molecule has 1 aromatic carbocycles. The molecule has 0 aliphatic carbocycles. The molecule has 2 aliphatic rings. The summed E-state index contributed by atoms with van der Waals surface area (Å²) in [5.41, 5.74) is 2.27. The molecule has 2 aliphatic heterocycles. The van der Waals surface area contributed by atoms with Gasteiger partial charge >= 0.3 is 0 Å². The van der Waals surface area contributed by atoms with Crippen LogP contribution in [0.5, 0.6) is 0 Å². The van der Waals surface area contributed by atoms with Gasteiger partial charge in [-0.25, -0.2) is 0 Å². The number of likely N-dealkylation sites (tertiary alicyclic amines) is 2. The van der Waals surface area contributed by atoms with E-state index in [-0.39, 0.29) is 11.5 Å². The van der Waals surface area contributed by atoms with Crippen molar-refractivity contribution in [2.45, 2.75) is 31.9 Å². The fraction of sp³-hybridized carbons (Fsp3) is 0.611. The molecule has 0 amide bonds. The Hall–Kier alpha value is -1.43. The van der Waals surface area contributed by atoms with Crippen LogP contribution in [0.4, 0.5) is 0 Å². The summed E-state index contributed by atoms with van der Waals surface area (Å²) in [5, 5.41) is 19.5. The summed E-state index contributed by atoms with van der Waals surface area (Å²) < 4.78 is 0. The molecule has 0 unspecified atom stereocenters. The zero-order chi connectivity index (χ0) is 15.9. The zero-order valence-corrected chi connectivity index (χ0v) is 13.8. The fourth-order valence-corrected chi connectivity index (χ4v) is 4.52. The lowest BCUT2D eigenvalue weighted by Crippen LogP contribution is -2.58. The first-order chi connectivity index (χ1) is 11.2. The third-order valence-electron chi connectivity index (χ3n) is 5.69. The number of benzene rings is 1. The Kier molecular flexibility index (Phi) is 3.87. The smallest absolute Gasteiger partial charge is 0.0924 e. The number of H-pyrrole nitrogens is 1. The molecule has 2 atom stereocenters. The van der Waals surface area contributed by atoms with Crippen LogP contribution >= 0.6 is 0 Å². The lowest BCUT2D eigenvalue weighted by Gasteiger charge is -2.50. The summed E-state index contributed by atoms with van der Waals surface area (Å²) in [6.07, 6.45) is 3.03. The molecule has 0 bridgehead atoms. The van der Waals surface area contributed by atoms with Gasteiger partial charge in [0.2, 0.25) is 0 Å². The van der Waals surface area contributed by atoms with Crippen LogP contribution < -0.4 is 0 Å². The van der Waals surface area contributed by atoms with Crippen LogP contribution in [0.1, 0.15) is 25.0 Å². The number of hydrogen-bond acceptors (Lipinski definition) is 4. The highest BCUT2D eigenvalue weighted by molar-refractivity contribution is 5.81. The van der Waals surface area contributed by atoms with E-state index in [4.69, 9.17) is 0 Å². The maximum atomic E-state index is 10.6. The Morgan fingerprint density at radius 3 is 3.09 bits per heavy atom. The van der Waals surface area contributed by atoms with Crippen molar-refractivity contribution in [3.05, 3.63) is 30.0 Å². The highest BCUT2D eigenvalue weighted by Gasteiger charge is 2.44. The van der Waals surface area contributed by atoms with Crippen molar-refractivity contribution in [3.63, 3.8) is 0 Å². The molecule has 2 N–H and O–H groups in total. The minimum Gasteiger partial charge on any atom is -0.392 e. The molecular formula is C18H26N4O. The van der Waals surface area contributed by atoms with Crippen LogP contribution in [0, 0.1) is 5.41 Å². The third kappa shape index (κ3) is 2.77. The van der Waals surface area contributed by atoms with Gasteiger partial charge in [0, 0.05) is 37.0 Å². The second-order valence-electron chi connectivity index (χ2n) is 7.44. The van der Waals surface area contributed by atoms with Gasteiger partial charge in [-0.15, -0.1) is 0 Å². The van der Waals surface area contributed by atoms with E-state index < -0.39 is 0 Å². The summed E-state index contributed by atoms with van der Waals surface area (Å²) in [6.45, 7) is 4.98. The number of aliphatic hydroxyl groups is 1. The van der Waals surface area contributed by atoms with Crippen LogP contribution in [0.25, 0.3) is 10.9 Å². The molecule has 1 spiro atoms. The van der Waals surface area contributed by atoms with E-state index in [0.29, 0.717) is 0 Å². The number of nitrogens with one attached hydrogen (secondary N) is 1. The molecule has 5 nitrogen and oxygen atoms in total. The van der Waals surface area contributed by atoms with Gasteiger partial charge in [-0.2, -0.15) is 5.10 Å². The van der Waals surface area contributed by atoms with Crippen molar-refractivity contribution in [1.82, 2.24) is 20.0 Å². The van der Waals surface area contributed by atoms with Crippen LogP contribution in [-0.2, 0) is 6.54 Å². The van der Waals surface area contributed by atoms with Crippen molar-refractivity contribution in [2.75, 3.05) is 33.2 Å². The quantitative estimate of drug-likeness (QED) is 0.888. The maximum absolute atomic E-state index is 10.6. The summed E-state index contributed by atoms with van der Waals surface area (Å²) in [4.78, 5) is 4.87. The van der Waals surface area contributed by atoms with Crippen LogP contribution in [0.2, 0.25) is 0 Å². The number of fused-ring (bicyclic) bond motifs is 1. The second kappa shape index (κ2) is 5.89. The lowest BCUT2D eigenvalue weighted by atomic mass is 9.71. The summed E-state index contributed by atoms with van der Waals surface area (Å²) in [6, 6.07) is 8.28. The molecule has 2 fully saturated rings. The topological polar surface area (TPSA) is 55.4 Å². The lowest BCUT2D eigenvalue weighted by molar-refractivity contribution is -0.0809. The van der Waals surface area contributed by atoms with Gasteiger partial charge in [0.15, 0.2) is 0 Å². The van der Waals surface area contributed by atoms with E-state index in [1.165, 1.54) is 11.1 Å². The monoisotopic (exact) mass is 314 g/mol. The second-order valence-corrected chi connectivity index (χ2v) is 7.44. The molecule has 3 heterocycles. The number of para-hydroxylation sites is 1. The van der Waals surface area contributed by atoms with E-state index in [1.54, 1.807) is 0 Å². The summed E-state index contributed by atoms with van der Waals surface area (Å²) in [5.74, 6) is 0. The van der Waals surface area contributed by atoms with E-state index in [2.05, 4.69) is 39.2 Å². The largest absolute Gasteiger partial charge is 0.392 e. The van der Waals surface area contributed by atoms with Crippen molar-refractivity contribution in [2.24, 2.45) is 5.41 Å². The average Bonchev–Trinajstić information content (AvgIpc) is 2.95. The molecule has 124 valence electrons. The summed E-state index contributed by atoms with van der Waals surface area (Å²) in [7, 11) is 2.18. The number of aromatic nitrogens is 2. The number of aromatic amines is 1. The van der Waals surface area contributed by atoms with E-state index in [1.807, 2.05) is 12.1 Å². The molecule has 2 aromatic rings. The van der Waals surface area contributed by atoms with E-state index in [0.717, 1.165) is 57.5 Å². The molecular weight excluding hydrogens is 288 g/mol. The number of rotatable bonds is 2. The Bertz CT molecular complexity index is 684. The van der Waals surface area contributed by atoms with Crippen molar-refractivity contribution in [1.29, 1.82) is 0 Å². The van der Waals surface area contributed by atoms with Crippen LogP contribution in [-0.4, -0.2) is 64.4 Å². The molecule has 1 aromatic heterocycles. The van der Waals surface area contributed by atoms with Gasteiger partial charge in [0.25, 0.3) is 0 Å². The van der Waals surface area contributed by atoms with Gasteiger partial charge in [0.05, 0.1) is 17.3 Å². The minimum absolute atomic E-state index is 0.0427. The molecule has 0 radical (unpaired) electrons. The molecule has 4 rings (SSSR count). The van der Waals surface area contributed by atoms with Crippen molar-refractivity contribution < 1.29 is 5.11 Å². The Balaban J connectivity index is 1.53. The highest BCUT2D eigenvalue weighted by atomic mass is 16.3. The number of piperidine rings is 2. The average molecular weight is 314 g/mol. The molecule has 23 heavy (non-hydrogen) atoms. The first-order valence-electron chi connectivity index (χ1n) is 8.67. The first kappa shape index (κ1) is 15.1. The fourth-order valence-electron chi connectivity index (χ4n) is 4.52. The van der Waals surface area contributed by atoms with Gasteiger partial charge in [-0.1, -0.05) is 18.2 Å². The Labute approximate surface area is 137 Å². The number of aliphatic hydroxyl groups excluding tert-OH is 1. The molecule has 0 saturated carbocycles. The van der Waals surface area contributed by atoms with Crippen LogP contribution in [0.15, 0.2) is 24.3 Å². The minimum atomic E-state index is -0.167. The SMILES string of the molecule is CN1CC[C@H](O)[C@@]2(CCCN(Cc3[nH]nc4ccccc34)C2)C1. The number of nitrogens with zero attached hydrogens (tertiary/aromatic N) is 3. The first-order valence-corrected chi connectivity index (χ1v) is 8.67. The number of hydrogen-bond donors (Lipinski definition) is 2. The van der Waals surface area contributed by atoms with Gasteiger partial charge in [-0.05, 0) is 38.9 Å². The molecule has 5 heteroatoms. The normalized spacial score (nSPS) is 30.3. The van der Waals surface area contributed by atoms with E-state index in [9.17, 15) is 5.11 Å². The maximum Gasteiger partial charge on any atom is 0.0924 e. The third-order valence-corrected chi connectivity index (χ3v) is 5.69. The van der Waals surface area contributed by atoms with E-state index >= 15 is 0 Å². The summed E-state index contributed by atoms with van der Waals surface area (Å²) >= 11 is 0. The molecule has 2 saturated heterocycles. The Morgan fingerprint density at radius 2 is 2.17 bits per heavy atom. The zero-order valence-electron chi connectivity index (χ0n) is 13.8. The van der Waals surface area contributed by atoms with Crippen molar-refractivity contribution >= 4 is 10.9 Å². The van der Waals surface area contributed by atoms with Gasteiger partial charge in [-0.3, -0.25) is 10.00 Å². The van der Waals surface area contributed by atoms with Gasteiger partial charge < -0.3 is 10.0 Å².